The Morgan fingerprint density at radius 1 is 1.23 bits per heavy atom. The van der Waals surface area contributed by atoms with Gasteiger partial charge in [-0.05, 0) is 32.7 Å². The molecular weight excluding hydrogens is 330 g/mol. The fourth-order valence-electron chi connectivity index (χ4n) is 2.61. The molecule has 1 unspecified atom stereocenters. The van der Waals surface area contributed by atoms with Crippen LogP contribution in [0.5, 0.6) is 0 Å². The van der Waals surface area contributed by atoms with Crippen molar-refractivity contribution in [3.05, 3.63) is 11.6 Å². The number of ether oxygens (including phenoxy) is 1. The summed E-state index contributed by atoms with van der Waals surface area (Å²) in [4.78, 5) is 7.17. The Hall–Kier alpha value is -1.67. The fraction of sp³-hybridized carbons (Fsp3) is 0.833. The SMILES string of the molecule is Cc1nnc(CN=C(NCCCN2CCOCC2)NC(C)C(C)C)n1C. The lowest BCUT2D eigenvalue weighted by Crippen LogP contribution is -2.45. The summed E-state index contributed by atoms with van der Waals surface area (Å²) in [5.74, 6) is 3.15. The van der Waals surface area contributed by atoms with Gasteiger partial charge >= 0.3 is 0 Å². The number of hydrogen-bond donors (Lipinski definition) is 2. The molecule has 1 aliphatic heterocycles. The van der Waals surface area contributed by atoms with Crippen LogP contribution in [0.3, 0.4) is 0 Å². The molecule has 2 N–H and O–H groups in total. The molecule has 0 spiro atoms. The second-order valence-corrected chi connectivity index (χ2v) is 7.30. The second-order valence-electron chi connectivity index (χ2n) is 7.30. The maximum absolute atomic E-state index is 5.40. The highest BCUT2D eigenvalue weighted by Gasteiger charge is 2.12. The lowest BCUT2D eigenvalue weighted by Gasteiger charge is -2.26. The second kappa shape index (κ2) is 10.5. The number of morpholine rings is 1. The Kier molecular flexibility index (Phi) is 8.31. The van der Waals surface area contributed by atoms with Gasteiger partial charge in [0.25, 0.3) is 0 Å². The van der Waals surface area contributed by atoms with E-state index in [0.29, 0.717) is 18.5 Å². The van der Waals surface area contributed by atoms with Gasteiger partial charge in [0, 0.05) is 32.7 Å². The molecule has 1 fully saturated rings. The van der Waals surface area contributed by atoms with Gasteiger partial charge in [0.1, 0.15) is 12.4 Å². The third-order valence-electron chi connectivity index (χ3n) is 4.97. The van der Waals surface area contributed by atoms with Crippen molar-refractivity contribution >= 4 is 5.96 Å². The molecule has 8 heteroatoms. The standard InChI is InChI=1S/C18H35N7O/c1-14(2)15(3)21-18(20-13-17-23-22-16(4)24(17)5)19-7-6-8-25-9-11-26-12-10-25/h14-15H,6-13H2,1-5H3,(H2,19,20,21). The van der Waals surface area contributed by atoms with Crippen molar-refractivity contribution in [2.45, 2.75) is 46.7 Å². The number of rotatable bonds is 8. The van der Waals surface area contributed by atoms with Gasteiger partial charge < -0.3 is 19.9 Å². The average Bonchev–Trinajstić information content (AvgIpc) is 2.95. The van der Waals surface area contributed by atoms with E-state index in [-0.39, 0.29) is 0 Å². The van der Waals surface area contributed by atoms with E-state index < -0.39 is 0 Å². The minimum Gasteiger partial charge on any atom is -0.379 e. The minimum atomic E-state index is 0.349. The van der Waals surface area contributed by atoms with Crippen LogP contribution in [0.1, 0.15) is 38.8 Å². The zero-order valence-electron chi connectivity index (χ0n) is 17.0. The van der Waals surface area contributed by atoms with Gasteiger partial charge in [0.05, 0.1) is 13.2 Å². The molecule has 2 heterocycles. The van der Waals surface area contributed by atoms with Crippen LogP contribution in [0.4, 0.5) is 0 Å². The number of hydrogen-bond acceptors (Lipinski definition) is 5. The molecule has 26 heavy (non-hydrogen) atoms. The van der Waals surface area contributed by atoms with Crippen LogP contribution in [-0.4, -0.2) is 71.1 Å². The summed E-state index contributed by atoms with van der Waals surface area (Å²) in [6.07, 6.45) is 1.08. The summed E-state index contributed by atoms with van der Waals surface area (Å²) < 4.78 is 7.37. The van der Waals surface area contributed by atoms with E-state index >= 15 is 0 Å². The van der Waals surface area contributed by atoms with Crippen LogP contribution in [0.15, 0.2) is 4.99 Å². The Bertz CT molecular complexity index is 564. The topological polar surface area (TPSA) is 79.6 Å². The molecule has 1 aromatic rings. The first-order chi connectivity index (χ1) is 12.5. The van der Waals surface area contributed by atoms with Crippen molar-refractivity contribution in [3.63, 3.8) is 0 Å². The normalized spacial score (nSPS) is 17.5. The van der Waals surface area contributed by atoms with Crippen LogP contribution in [0, 0.1) is 12.8 Å². The Labute approximate surface area is 157 Å². The van der Waals surface area contributed by atoms with Gasteiger partial charge in [-0.2, -0.15) is 0 Å². The molecule has 0 aromatic carbocycles. The first kappa shape index (κ1) is 20.6. The van der Waals surface area contributed by atoms with E-state index in [9.17, 15) is 0 Å². The Morgan fingerprint density at radius 2 is 1.96 bits per heavy atom. The molecule has 2 rings (SSSR count). The van der Waals surface area contributed by atoms with Gasteiger partial charge in [0.2, 0.25) is 0 Å². The molecule has 1 saturated heterocycles. The van der Waals surface area contributed by atoms with E-state index in [1.165, 1.54) is 0 Å². The number of aliphatic imine (C=N–C) groups is 1. The number of aryl methyl sites for hydroxylation is 1. The highest BCUT2D eigenvalue weighted by Crippen LogP contribution is 2.02. The van der Waals surface area contributed by atoms with Crippen molar-refractivity contribution in [2.24, 2.45) is 18.0 Å². The number of guanidine groups is 1. The van der Waals surface area contributed by atoms with E-state index in [0.717, 1.165) is 63.4 Å². The third-order valence-corrected chi connectivity index (χ3v) is 4.97. The molecule has 0 radical (unpaired) electrons. The number of nitrogens with one attached hydrogen (secondary N) is 2. The summed E-state index contributed by atoms with van der Waals surface area (Å²) in [7, 11) is 1.97. The summed E-state index contributed by atoms with van der Waals surface area (Å²) in [6.45, 7) is 14.8. The molecule has 1 aliphatic rings. The van der Waals surface area contributed by atoms with Gasteiger partial charge in [-0.25, -0.2) is 4.99 Å². The van der Waals surface area contributed by atoms with E-state index in [1.54, 1.807) is 0 Å². The highest BCUT2D eigenvalue weighted by atomic mass is 16.5. The van der Waals surface area contributed by atoms with Gasteiger partial charge in [0.15, 0.2) is 11.8 Å². The van der Waals surface area contributed by atoms with Crippen molar-refractivity contribution < 1.29 is 4.74 Å². The van der Waals surface area contributed by atoms with Gasteiger partial charge in [-0.15, -0.1) is 10.2 Å². The van der Waals surface area contributed by atoms with Crippen molar-refractivity contribution in [1.29, 1.82) is 0 Å². The smallest absolute Gasteiger partial charge is 0.191 e. The lowest BCUT2D eigenvalue weighted by molar-refractivity contribution is 0.0376. The van der Waals surface area contributed by atoms with Gasteiger partial charge in [-0.1, -0.05) is 13.8 Å². The van der Waals surface area contributed by atoms with Crippen LogP contribution in [0.25, 0.3) is 0 Å². The monoisotopic (exact) mass is 365 g/mol. The number of nitrogens with zero attached hydrogens (tertiary/aromatic N) is 5. The van der Waals surface area contributed by atoms with Crippen molar-refractivity contribution in [3.8, 4) is 0 Å². The molecule has 0 amide bonds. The largest absolute Gasteiger partial charge is 0.379 e. The minimum absolute atomic E-state index is 0.349. The molecule has 1 atom stereocenters. The maximum Gasteiger partial charge on any atom is 0.191 e. The Balaban J connectivity index is 1.85. The molecular formula is C18H35N7O. The van der Waals surface area contributed by atoms with Crippen LogP contribution in [-0.2, 0) is 18.3 Å². The molecule has 0 saturated carbocycles. The number of aromatic nitrogens is 3. The van der Waals surface area contributed by atoms with Crippen LogP contribution in [0.2, 0.25) is 0 Å². The quantitative estimate of drug-likeness (QED) is 0.405. The average molecular weight is 366 g/mol. The molecule has 148 valence electrons. The van der Waals surface area contributed by atoms with Crippen molar-refractivity contribution in [1.82, 2.24) is 30.3 Å². The molecule has 0 bridgehead atoms. The van der Waals surface area contributed by atoms with Crippen LogP contribution < -0.4 is 10.6 Å². The molecule has 8 nitrogen and oxygen atoms in total. The van der Waals surface area contributed by atoms with Gasteiger partial charge in [-0.3, -0.25) is 4.90 Å². The maximum atomic E-state index is 5.40. The molecule has 0 aliphatic carbocycles. The zero-order valence-corrected chi connectivity index (χ0v) is 17.0. The third kappa shape index (κ3) is 6.57. The predicted octanol–water partition coefficient (Wildman–Crippen LogP) is 0.926. The fourth-order valence-corrected chi connectivity index (χ4v) is 2.61. The molecule has 1 aromatic heterocycles. The zero-order chi connectivity index (χ0) is 18.9. The van der Waals surface area contributed by atoms with Crippen LogP contribution >= 0.6 is 0 Å². The first-order valence-electron chi connectivity index (χ1n) is 9.67. The first-order valence-corrected chi connectivity index (χ1v) is 9.67. The van der Waals surface area contributed by atoms with Crippen molar-refractivity contribution in [2.75, 3.05) is 39.4 Å². The highest BCUT2D eigenvalue weighted by molar-refractivity contribution is 5.80. The lowest BCUT2D eigenvalue weighted by atomic mass is 10.1. The Morgan fingerprint density at radius 3 is 2.58 bits per heavy atom. The summed E-state index contributed by atoms with van der Waals surface area (Å²) in [5.41, 5.74) is 0. The summed E-state index contributed by atoms with van der Waals surface area (Å²) >= 11 is 0. The summed E-state index contributed by atoms with van der Waals surface area (Å²) in [6, 6.07) is 0.349. The predicted molar refractivity (Wildman–Crippen MR) is 104 cm³/mol. The van der Waals surface area contributed by atoms with E-state index in [4.69, 9.17) is 9.73 Å². The van der Waals surface area contributed by atoms with E-state index in [2.05, 4.69) is 46.5 Å². The summed E-state index contributed by atoms with van der Waals surface area (Å²) in [5, 5.41) is 15.3. The van der Waals surface area contributed by atoms with E-state index in [1.807, 2.05) is 18.5 Å².